The Kier molecular flexibility index (Phi) is 6.33. The zero-order chi connectivity index (χ0) is 23.8. The molecule has 3 rings (SSSR count). The highest BCUT2D eigenvalue weighted by atomic mass is 79.9. The molecule has 32 heavy (non-hydrogen) atoms. The first-order valence-corrected chi connectivity index (χ1v) is 11.5. The van der Waals surface area contributed by atoms with E-state index in [9.17, 15) is 31.2 Å². The predicted octanol–water partition coefficient (Wildman–Crippen LogP) is 3.63. The van der Waals surface area contributed by atoms with Crippen LogP contribution in [0.5, 0.6) is 5.75 Å². The van der Waals surface area contributed by atoms with Crippen molar-refractivity contribution in [2.45, 2.75) is 18.2 Å². The Bertz CT molecular complexity index is 1370. The second-order valence-corrected chi connectivity index (χ2v) is 9.32. The lowest BCUT2D eigenvalue weighted by Crippen LogP contribution is -2.25. The molecular weight excluding hydrogens is 521 g/mol. The molecule has 170 valence electrons. The number of carbonyl (C=O) groups excluding carboxylic acids is 1. The molecule has 1 aromatic heterocycles. The summed E-state index contributed by atoms with van der Waals surface area (Å²) in [6, 6.07) is 7.02. The fourth-order valence-electron chi connectivity index (χ4n) is 2.89. The molecule has 0 N–H and O–H groups in total. The van der Waals surface area contributed by atoms with Gasteiger partial charge in [-0.3, -0.25) is 4.79 Å². The van der Waals surface area contributed by atoms with Crippen molar-refractivity contribution in [3.05, 3.63) is 56.8 Å². The lowest BCUT2D eigenvalue weighted by molar-refractivity contribution is -0.274. The molecule has 0 radical (unpaired) electrons. The van der Waals surface area contributed by atoms with E-state index in [0.717, 1.165) is 23.1 Å². The minimum atomic E-state index is -4.89. The molecule has 0 aliphatic rings. The molecule has 2 aromatic carbocycles. The average molecular weight is 535 g/mol. The normalized spacial score (nSPS) is 12.1. The smallest absolute Gasteiger partial charge is 0.461 e. The van der Waals surface area contributed by atoms with Crippen LogP contribution < -0.4 is 10.2 Å². The molecule has 3 aromatic rings. The van der Waals surface area contributed by atoms with Crippen LogP contribution >= 0.6 is 15.9 Å². The zero-order valence-corrected chi connectivity index (χ0v) is 18.8. The lowest BCUT2D eigenvalue weighted by Gasteiger charge is -2.15. The molecule has 0 fully saturated rings. The second kappa shape index (κ2) is 8.54. The van der Waals surface area contributed by atoms with Gasteiger partial charge in [-0.1, -0.05) is 15.9 Å². The lowest BCUT2D eigenvalue weighted by atomic mass is 10.2. The minimum absolute atomic E-state index is 0.00217. The van der Waals surface area contributed by atoms with Crippen LogP contribution in [0.3, 0.4) is 0 Å². The van der Waals surface area contributed by atoms with E-state index in [0.29, 0.717) is 4.47 Å². The Morgan fingerprint density at radius 3 is 2.34 bits per heavy atom. The first-order chi connectivity index (χ1) is 14.8. The number of rotatable bonds is 5. The van der Waals surface area contributed by atoms with E-state index < -0.39 is 39.0 Å². The molecule has 0 saturated carbocycles. The summed E-state index contributed by atoms with van der Waals surface area (Å²) in [4.78, 5) is 25.0. The van der Waals surface area contributed by atoms with Gasteiger partial charge in [-0.05, 0) is 43.3 Å². The third kappa shape index (κ3) is 4.93. The van der Waals surface area contributed by atoms with Crippen LogP contribution in [0.4, 0.5) is 13.2 Å². The van der Waals surface area contributed by atoms with E-state index in [1.54, 1.807) is 0 Å². The molecule has 8 nitrogen and oxygen atoms in total. The highest BCUT2D eigenvalue weighted by Gasteiger charge is 2.31. The van der Waals surface area contributed by atoms with Crippen molar-refractivity contribution >= 4 is 42.6 Å². The van der Waals surface area contributed by atoms with Gasteiger partial charge in [0.15, 0.2) is 9.84 Å². The maximum absolute atomic E-state index is 13.0. The number of benzene rings is 2. The van der Waals surface area contributed by atoms with Gasteiger partial charge in [0.05, 0.1) is 28.1 Å². The molecule has 0 spiro atoms. The average Bonchev–Trinajstić information content (AvgIpc) is 2.66. The number of aromatic nitrogens is 2. The van der Waals surface area contributed by atoms with Crippen molar-refractivity contribution in [3.63, 3.8) is 0 Å². The van der Waals surface area contributed by atoms with Crippen LogP contribution in [0.15, 0.2) is 50.6 Å². The van der Waals surface area contributed by atoms with Gasteiger partial charge in [-0.2, -0.15) is 5.10 Å². The van der Waals surface area contributed by atoms with Crippen LogP contribution in [0.25, 0.3) is 16.6 Å². The number of nitrogens with zero attached hydrogens (tertiary/aromatic N) is 2. The van der Waals surface area contributed by atoms with Crippen LogP contribution in [-0.4, -0.2) is 43.4 Å². The number of hydrogen-bond acceptors (Lipinski definition) is 7. The molecule has 1 heterocycles. The molecule has 0 bridgehead atoms. The van der Waals surface area contributed by atoms with E-state index in [2.05, 4.69) is 25.8 Å². The molecule has 0 aliphatic heterocycles. The van der Waals surface area contributed by atoms with Crippen molar-refractivity contribution in [2.24, 2.45) is 0 Å². The van der Waals surface area contributed by atoms with Crippen LogP contribution in [-0.2, 0) is 14.6 Å². The fourth-order valence-corrected chi connectivity index (χ4v) is 4.40. The third-order valence-corrected chi connectivity index (χ3v) is 5.68. The maximum Gasteiger partial charge on any atom is 0.573 e. The number of hydrogen-bond donors (Lipinski definition) is 0. The Morgan fingerprint density at radius 1 is 1.19 bits per heavy atom. The SMILES string of the molecule is CCOC(=O)c1nn(-c2ccc(OC(F)(F)F)cc2)c2cc(Br)cc(S(C)(=O)=O)c2c1=O. The van der Waals surface area contributed by atoms with Crippen molar-refractivity contribution in [2.75, 3.05) is 12.9 Å². The van der Waals surface area contributed by atoms with E-state index in [1.807, 2.05) is 0 Å². The number of ether oxygens (including phenoxy) is 2. The van der Waals surface area contributed by atoms with Gasteiger partial charge in [0.25, 0.3) is 0 Å². The molecule has 0 unspecified atom stereocenters. The van der Waals surface area contributed by atoms with Gasteiger partial charge in [0.2, 0.25) is 11.1 Å². The first-order valence-electron chi connectivity index (χ1n) is 8.81. The van der Waals surface area contributed by atoms with Crippen molar-refractivity contribution < 1.29 is 35.9 Å². The topological polar surface area (TPSA) is 105 Å². The van der Waals surface area contributed by atoms with E-state index in [4.69, 9.17) is 4.74 Å². The van der Waals surface area contributed by atoms with E-state index in [1.165, 1.54) is 31.2 Å². The van der Waals surface area contributed by atoms with Crippen LogP contribution in [0.2, 0.25) is 0 Å². The summed E-state index contributed by atoms with van der Waals surface area (Å²) in [6.07, 6.45) is -4.00. The summed E-state index contributed by atoms with van der Waals surface area (Å²) in [6.45, 7) is 1.44. The monoisotopic (exact) mass is 534 g/mol. The summed E-state index contributed by atoms with van der Waals surface area (Å²) in [7, 11) is -3.92. The Labute approximate surface area is 187 Å². The first kappa shape index (κ1) is 23.7. The Balaban J connectivity index is 2.37. The van der Waals surface area contributed by atoms with Gasteiger partial charge < -0.3 is 9.47 Å². The molecule has 0 atom stereocenters. The second-order valence-electron chi connectivity index (χ2n) is 6.42. The number of alkyl halides is 3. The van der Waals surface area contributed by atoms with E-state index >= 15 is 0 Å². The Morgan fingerprint density at radius 2 is 1.81 bits per heavy atom. The quantitative estimate of drug-likeness (QED) is 0.460. The minimum Gasteiger partial charge on any atom is -0.461 e. The van der Waals surface area contributed by atoms with Crippen molar-refractivity contribution in [1.82, 2.24) is 9.78 Å². The van der Waals surface area contributed by atoms with Crippen LogP contribution in [0, 0.1) is 0 Å². The number of fused-ring (bicyclic) bond motifs is 1. The summed E-state index contributed by atoms with van der Waals surface area (Å²) in [5.74, 6) is -1.58. The van der Waals surface area contributed by atoms with Gasteiger partial charge in [0, 0.05) is 10.7 Å². The van der Waals surface area contributed by atoms with Gasteiger partial charge in [-0.25, -0.2) is 17.9 Å². The molecule has 0 aliphatic carbocycles. The highest BCUT2D eigenvalue weighted by Crippen LogP contribution is 2.29. The van der Waals surface area contributed by atoms with Crippen molar-refractivity contribution in [1.29, 1.82) is 0 Å². The zero-order valence-electron chi connectivity index (χ0n) is 16.4. The molecule has 0 amide bonds. The maximum atomic E-state index is 13.0. The number of esters is 1. The summed E-state index contributed by atoms with van der Waals surface area (Å²) >= 11 is 3.18. The summed E-state index contributed by atoms with van der Waals surface area (Å²) in [5, 5.41) is 3.69. The fraction of sp³-hybridized carbons (Fsp3) is 0.211. The molecule has 0 saturated heterocycles. The highest BCUT2D eigenvalue weighted by molar-refractivity contribution is 9.10. The Hall–Kier alpha value is -2.93. The largest absolute Gasteiger partial charge is 0.573 e. The van der Waals surface area contributed by atoms with Gasteiger partial charge in [-0.15, -0.1) is 13.2 Å². The third-order valence-electron chi connectivity index (χ3n) is 4.10. The predicted molar refractivity (Wildman–Crippen MR) is 111 cm³/mol. The van der Waals surface area contributed by atoms with Crippen molar-refractivity contribution in [3.8, 4) is 11.4 Å². The number of sulfone groups is 1. The number of carbonyl (C=O) groups is 1. The molecule has 13 heteroatoms. The summed E-state index contributed by atoms with van der Waals surface area (Å²) in [5.41, 5.74) is -1.50. The summed E-state index contributed by atoms with van der Waals surface area (Å²) < 4.78 is 72.1. The van der Waals surface area contributed by atoms with Crippen LogP contribution in [0.1, 0.15) is 17.4 Å². The van der Waals surface area contributed by atoms with Gasteiger partial charge >= 0.3 is 12.3 Å². The van der Waals surface area contributed by atoms with E-state index in [-0.39, 0.29) is 28.1 Å². The number of halogens is 4. The molecular formula is C19H14BrF3N2O6S. The standard InChI is InChI=1S/C19H14BrF3N2O6S/c1-3-30-18(27)16-17(26)15-13(8-10(20)9-14(15)32(2,28)29)25(24-16)11-4-6-12(7-5-11)31-19(21,22)23/h4-9H,3H2,1-2H3. The van der Waals surface area contributed by atoms with Gasteiger partial charge in [0.1, 0.15) is 5.75 Å².